The third kappa shape index (κ3) is 3.97. The lowest BCUT2D eigenvalue weighted by atomic mass is 10.1. The van der Waals surface area contributed by atoms with Crippen LogP contribution in [0.25, 0.3) is 0 Å². The molecule has 21 heavy (non-hydrogen) atoms. The molecular weight excluding hydrogens is 288 g/mol. The molecule has 1 atom stereocenters. The van der Waals surface area contributed by atoms with Gasteiger partial charge >= 0.3 is 0 Å². The van der Waals surface area contributed by atoms with Crippen molar-refractivity contribution in [2.75, 3.05) is 5.32 Å². The van der Waals surface area contributed by atoms with Crippen molar-refractivity contribution in [3.05, 3.63) is 53.1 Å². The van der Waals surface area contributed by atoms with Gasteiger partial charge in [-0.15, -0.1) is 0 Å². The van der Waals surface area contributed by atoms with Gasteiger partial charge in [0.1, 0.15) is 5.75 Å². The number of nitrogens with two attached hydrogens (primary N) is 1. The lowest BCUT2D eigenvalue weighted by Crippen LogP contribution is -2.07. The second-order valence-corrected chi connectivity index (χ2v) is 5.17. The summed E-state index contributed by atoms with van der Waals surface area (Å²) in [6.45, 7) is 3.33. The number of rotatable bonds is 4. The number of para-hydroxylation sites is 2. The Morgan fingerprint density at radius 3 is 2.57 bits per heavy atom. The molecule has 2 rings (SSSR count). The molecule has 0 aliphatic carbocycles. The third-order valence-electron chi connectivity index (χ3n) is 2.90. The highest BCUT2D eigenvalue weighted by Gasteiger charge is 2.10. The Hall–Kier alpha value is -2.04. The molecule has 0 spiro atoms. The number of carbonyl (C=O) groups is 1. The number of ether oxygens (including phenoxy) is 1. The fraction of sp³-hybridized carbons (Fsp3) is 0.188. The van der Waals surface area contributed by atoms with Crippen LogP contribution in [0, 0.1) is 0 Å². The molecule has 0 saturated heterocycles. The summed E-state index contributed by atoms with van der Waals surface area (Å²) in [6, 6.07) is 12.5. The Morgan fingerprint density at radius 1 is 1.24 bits per heavy atom. The van der Waals surface area contributed by atoms with Crippen molar-refractivity contribution in [2.45, 2.75) is 19.9 Å². The first-order valence-corrected chi connectivity index (χ1v) is 6.94. The summed E-state index contributed by atoms with van der Waals surface area (Å²) in [5, 5.41) is 3.19. The molecule has 0 fully saturated rings. The lowest BCUT2D eigenvalue weighted by Gasteiger charge is -2.13. The van der Waals surface area contributed by atoms with Crippen LogP contribution in [0.2, 0.25) is 5.02 Å². The predicted octanol–water partition coefficient (Wildman–Crippen LogP) is 4.11. The Bertz CT molecular complexity index is 656. The summed E-state index contributed by atoms with van der Waals surface area (Å²) in [4.78, 5) is 11.2. The van der Waals surface area contributed by atoms with E-state index < -0.39 is 0 Å². The van der Waals surface area contributed by atoms with Crippen LogP contribution < -0.4 is 15.8 Å². The van der Waals surface area contributed by atoms with Crippen LogP contribution >= 0.6 is 11.6 Å². The van der Waals surface area contributed by atoms with Gasteiger partial charge in [-0.05, 0) is 36.8 Å². The molecule has 0 unspecified atom stereocenters. The molecule has 0 aliphatic rings. The first-order chi connectivity index (χ1) is 9.97. The smallest absolute Gasteiger partial charge is 0.221 e. The van der Waals surface area contributed by atoms with Crippen molar-refractivity contribution in [1.82, 2.24) is 0 Å². The quantitative estimate of drug-likeness (QED) is 0.893. The number of hydrogen-bond donors (Lipinski definition) is 2. The zero-order valence-electron chi connectivity index (χ0n) is 11.9. The summed E-state index contributed by atoms with van der Waals surface area (Å²) in [5.74, 6) is 0.881. The highest BCUT2D eigenvalue weighted by molar-refractivity contribution is 6.32. The first kappa shape index (κ1) is 15.4. The molecule has 110 valence electrons. The summed E-state index contributed by atoms with van der Waals surface area (Å²) in [5.41, 5.74) is 7.34. The molecule has 0 heterocycles. The van der Waals surface area contributed by atoms with Gasteiger partial charge in [0.25, 0.3) is 0 Å². The molecule has 1 amide bonds. The maximum absolute atomic E-state index is 11.2. The molecule has 0 saturated carbocycles. The van der Waals surface area contributed by atoms with Crippen molar-refractivity contribution < 1.29 is 9.53 Å². The number of anilines is 1. The first-order valence-electron chi connectivity index (χ1n) is 6.57. The average molecular weight is 305 g/mol. The number of benzene rings is 2. The van der Waals surface area contributed by atoms with Crippen LogP contribution in [0.5, 0.6) is 11.5 Å². The molecule has 0 radical (unpaired) electrons. The summed E-state index contributed by atoms with van der Waals surface area (Å²) in [6.07, 6.45) is 0. The summed E-state index contributed by atoms with van der Waals surface area (Å²) >= 11 is 6.21. The van der Waals surface area contributed by atoms with E-state index >= 15 is 0 Å². The maximum Gasteiger partial charge on any atom is 0.221 e. The van der Waals surface area contributed by atoms with Gasteiger partial charge in [0.05, 0.1) is 10.7 Å². The Balaban J connectivity index is 2.28. The van der Waals surface area contributed by atoms with Crippen LogP contribution in [-0.4, -0.2) is 5.91 Å². The fourth-order valence-electron chi connectivity index (χ4n) is 1.85. The normalized spacial score (nSPS) is 11.8. The van der Waals surface area contributed by atoms with Crippen molar-refractivity contribution in [3.63, 3.8) is 0 Å². The van der Waals surface area contributed by atoms with Gasteiger partial charge in [-0.3, -0.25) is 4.79 Å². The van der Waals surface area contributed by atoms with E-state index in [-0.39, 0.29) is 11.9 Å². The van der Waals surface area contributed by atoms with Gasteiger partial charge in [0.2, 0.25) is 5.91 Å². The van der Waals surface area contributed by atoms with E-state index in [9.17, 15) is 4.79 Å². The van der Waals surface area contributed by atoms with E-state index in [4.69, 9.17) is 22.1 Å². The van der Waals surface area contributed by atoms with Crippen molar-refractivity contribution >= 4 is 23.2 Å². The minimum atomic E-state index is -0.163. The summed E-state index contributed by atoms with van der Waals surface area (Å²) in [7, 11) is 0. The predicted molar refractivity (Wildman–Crippen MR) is 84.9 cm³/mol. The van der Waals surface area contributed by atoms with Gasteiger partial charge in [-0.2, -0.15) is 0 Å². The summed E-state index contributed by atoms with van der Waals surface area (Å²) < 4.78 is 5.79. The Kier molecular flexibility index (Phi) is 4.83. The van der Waals surface area contributed by atoms with Gasteiger partial charge in [0, 0.05) is 13.0 Å². The average Bonchev–Trinajstić information content (AvgIpc) is 2.42. The Morgan fingerprint density at radius 2 is 1.95 bits per heavy atom. The van der Waals surface area contributed by atoms with Gasteiger partial charge in [-0.25, -0.2) is 0 Å². The molecule has 4 nitrogen and oxygen atoms in total. The highest BCUT2D eigenvalue weighted by Crippen LogP contribution is 2.34. The standard InChI is InChI=1S/C16H17ClN2O2/c1-10(18)12-7-8-15(13(17)9-12)21-16-6-4-3-5-14(16)19-11(2)20/h3-10H,18H2,1-2H3,(H,19,20)/t10-/m1/s1. The molecule has 2 aromatic carbocycles. The van der Waals surface area contributed by atoms with Gasteiger partial charge < -0.3 is 15.8 Å². The number of hydrogen-bond acceptors (Lipinski definition) is 3. The SMILES string of the molecule is CC(=O)Nc1ccccc1Oc1ccc([C@@H](C)N)cc1Cl. The minimum absolute atomic E-state index is 0.0942. The lowest BCUT2D eigenvalue weighted by molar-refractivity contribution is -0.114. The topological polar surface area (TPSA) is 64.3 Å². The van der Waals surface area contributed by atoms with Gasteiger partial charge in [0.15, 0.2) is 5.75 Å². The van der Waals surface area contributed by atoms with E-state index in [1.807, 2.05) is 25.1 Å². The van der Waals surface area contributed by atoms with E-state index in [1.165, 1.54) is 6.92 Å². The zero-order chi connectivity index (χ0) is 15.4. The van der Waals surface area contributed by atoms with Crippen LogP contribution in [-0.2, 0) is 4.79 Å². The molecule has 0 aliphatic heterocycles. The van der Waals surface area contributed by atoms with E-state index in [2.05, 4.69) is 5.32 Å². The van der Waals surface area contributed by atoms with Crippen LogP contribution in [0.1, 0.15) is 25.5 Å². The largest absolute Gasteiger partial charge is 0.454 e. The van der Waals surface area contributed by atoms with Gasteiger partial charge in [-0.1, -0.05) is 29.8 Å². The zero-order valence-corrected chi connectivity index (χ0v) is 12.6. The number of carbonyl (C=O) groups excluding carboxylic acids is 1. The molecule has 0 aromatic heterocycles. The van der Waals surface area contributed by atoms with Crippen molar-refractivity contribution in [2.24, 2.45) is 5.73 Å². The molecule has 0 bridgehead atoms. The number of amides is 1. The van der Waals surface area contributed by atoms with E-state index in [1.54, 1.807) is 24.3 Å². The second-order valence-electron chi connectivity index (χ2n) is 4.76. The third-order valence-corrected chi connectivity index (χ3v) is 3.19. The van der Waals surface area contributed by atoms with E-state index in [0.717, 1.165) is 5.56 Å². The fourth-order valence-corrected chi connectivity index (χ4v) is 2.08. The van der Waals surface area contributed by atoms with Crippen molar-refractivity contribution in [1.29, 1.82) is 0 Å². The Labute approximate surface area is 128 Å². The molecule has 5 heteroatoms. The monoisotopic (exact) mass is 304 g/mol. The number of nitrogens with one attached hydrogen (secondary N) is 1. The number of halogens is 1. The highest BCUT2D eigenvalue weighted by atomic mass is 35.5. The van der Waals surface area contributed by atoms with E-state index in [0.29, 0.717) is 22.2 Å². The minimum Gasteiger partial charge on any atom is -0.454 e. The molecule has 2 aromatic rings. The van der Waals surface area contributed by atoms with Crippen LogP contribution in [0.15, 0.2) is 42.5 Å². The molecular formula is C16H17ClN2O2. The van der Waals surface area contributed by atoms with Crippen LogP contribution in [0.4, 0.5) is 5.69 Å². The maximum atomic E-state index is 11.2. The second kappa shape index (κ2) is 6.61. The molecule has 3 N–H and O–H groups in total. The van der Waals surface area contributed by atoms with Crippen molar-refractivity contribution in [3.8, 4) is 11.5 Å². The van der Waals surface area contributed by atoms with Crippen LogP contribution in [0.3, 0.4) is 0 Å².